The van der Waals surface area contributed by atoms with Crippen molar-refractivity contribution in [2.45, 2.75) is 71.3 Å². The second-order valence-corrected chi connectivity index (χ2v) is 5.73. The van der Waals surface area contributed by atoms with Crippen molar-refractivity contribution in [1.82, 2.24) is 0 Å². The fourth-order valence-corrected chi connectivity index (χ4v) is 2.96. The van der Waals surface area contributed by atoms with Crippen molar-refractivity contribution >= 4 is 0 Å². The number of hydrogen-bond donors (Lipinski definition) is 1. The highest BCUT2D eigenvalue weighted by atomic mass is 14.6. The summed E-state index contributed by atoms with van der Waals surface area (Å²) in [5.41, 5.74) is 7.55. The fraction of sp³-hybridized carbons (Fsp3) is 0.867. The van der Waals surface area contributed by atoms with Crippen molar-refractivity contribution in [3.8, 4) is 0 Å². The zero-order valence-corrected chi connectivity index (χ0v) is 11.2. The molecule has 0 heterocycles. The Bertz CT molecular complexity index is 201. The third-order valence-electron chi connectivity index (χ3n) is 4.10. The van der Waals surface area contributed by atoms with Gasteiger partial charge in [-0.15, -0.1) is 6.58 Å². The van der Waals surface area contributed by atoms with Gasteiger partial charge in [0, 0.05) is 6.04 Å². The van der Waals surface area contributed by atoms with Crippen LogP contribution in [0.5, 0.6) is 0 Å². The van der Waals surface area contributed by atoms with Crippen molar-refractivity contribution in [3.63, 3.8) is 0 Å². The molecule has 2 N–H and O–H groups in total. The monoisotopic (exact) mass is 223 g/mol. The van der Waals surface area contributed by atoms with Gasteiger partial charge in [-0.2, -0.15) is 0 Å². The Labute approximate surface area is 101 Å². The van der Waals surface area contributed by atoms with E-state index in [9.17, 15) is 0 Å². The molecular weight excluding hydrogens is 194 g/mol. The first-order chi connectivity index (χ1) is 7.63. The Balaban J connectivity index is 2.21. The molecule has 1 saturated carbocycles. The molecule has 1 heteroatoms. The molecule has 0 radical (unpaired) electrons. The van der Waals surface area contributed by atoms with Crippen molar-refractivity contribution < 1.29 is 0 Å². The highest BCUT2D eigenvalue weighted by Crippen LogP contribution is 2.33. The summed E-state index contributed by atoms with van der Waals surface area (Å²) in [7, 11) is 0. The van der Waals surface area contributed by atoms with Gasteiger partial charge in [0.15, 0.2) is 0 Å². The minimum absolute atomic E-state index is 0.416. The lowest BCUT2D eigenvalue weighted by Crippen LogP contribution is -2.33. The van der Waals surface area contributed by atoms with Crippen LogP contribution in [0.2, 0.25) is 0 Å². The van der Waals surface area contributed by atoms with E-state index < -0.39 is 0 Å². The predicted molar refractivity (Wildman–Crippen MR) is 72.4 cm³/mol. The van der Waals surface area contributed by atoms with Gasteiger partial charge in [0.05, 0.1) is 0 Å². The van der Waals surface area contributed by atoms with Crippen LogP contribution in [0, 0.1) is 11.8 Å². The van der Waals surface area contributed by atoms with Crippen LogP contribution >= 0.6 is 0 Å². The second kappa shape index (κ2) is 7.11. The van der Waals surface area contributed by atoms with Gasteiger partial charge in [-0.05, 0) is 44.4 Å². The van der Waals surface area contributed by atoms with Crippen molar-refractivity contribution in [1.29, 1.82) is 0 Å². The zero-order chi connectivity index (χ0) is 12.0. The van der Waals surface area contributed by atoms with E-state index >= 15 is 0 Å². The van der Waals surface area contributed by atoms with Crippen LogP contribution in [0.1, 0.15) is 65.2 Å². The van der Waals surface area contributed by atoms with Gasteiger partial charge >= 0.3 is 0 Å². The Hall–Kier alpha value is -0.300. The Morgan fingerprint density at radius 1 is 1.31 bits per heavy atom. The second-order valence-electron chi connectivity index (χ2n) is 5.73. The molecule has 0 spiro atoms. The molecule has 1 fully saturated rings. The van der Waals surface area contributed by atoms with Gasteiger partial charge < -0.3 is 5.73 Å². The molecule has 1 rings (SSSR count). The summed E-state index contributed by atoms with van der Waals surface area (Å²) >= 11 is 0. The van der Waals surface area contributed by atoms with Gasteiger partial charge in [-0.1, -0.05) is 38.2 Å². The number of allylic oxidation sites excluding steroid dienone is 1. The molecule has 0 amide bonds. The molecule has 0 saturated heterocycles. The van der Waals surface area contributed by atoms with E-state index in [-0.39, 0.29) is 0 Å². The lowest BCUT2D eigenvalue weighted by molar-refractivity contribution is 0.228. The summed E-state index contributed by atoms with van der Waals surface area (Å²) in [6, 6.07) is 0.416. The molecule has 1 aliphatic rings. The van der Waals surface area contributed by atoms with E-state index in [1.807, 2.05) is 0 Å². The molecule has 1 unspecified atom stereocenters. The van der Waals surface area contributed by atoms with Crippen molar-refractivity contribution in [3.05, 3.63) is 12.2 Å². The minimum Gasteiger partial charge on any atom is -0.327 e. The minimum atomic E-state index is 0.416. The SMILES string of the molecule is C=C(C)CCC(N)C1CCC(CCC)CC1. The topological polar surface area (TPSA) is 26.0 Å². The molecule has 0 aromatic carbocycles. The van der Waals surface area contributed by atoms with Crippen molar-refractivity contribution in [2.24, 2.45) is 17.6 Å². The summed E-state index contributed by atoms with van der Waals surface area (Å²) in [5, 5.41) is 0. The molecule has 1 atom stereocenters. The van der Waals surface area contributed by atoms with Crippen molar-refractivity contribution in [2.75, 3.05) is 0 Å². The molecule has 1 aliphatic carbocycles. The van der Waals surface area contributed by atoms with Crippen LogP contribution in [0.3, 0.4) is 0 Å². The average molecular weight is 223 g/mol. The van der Waals surface area contributed by atoms with E-state index in [1.54, 1.807) is 0 Å². The highest BCUT2D eigenvalue weighted by molar-refractivity contribution is 4.90. The average Bonchev–Trinajstić information content (AvgIpc) is 2.27. The molecule has 0 bridgehead atoms. The molecule has 0 aromatic rings. The standard InChI is InChI=1S/C15H29N/c1-4-5-13-7-9-14(10-8-13)15(16)11-6-12(2)3/h13-15H,2,4-11,16H2,1,3H3. The van der Waals surface area contributed by atoms with Crippen LogP contribution in [0.4, 0.5) is 0 Å². The first-order valence-corrected chi connectivity index (χ1v) is 7.03. The summed E-state index contributed by atoms with van der Waals surface area (Å²) in [5.74, 6) is 1.78. The van der Waals surface area contributed by atoms with E-state index in [0.29, 0.717) is 6.04 Å². The maximum atomic E-state index is 6.28. The van der Waals surface area contributed by atoms with E-state index in [0.717, 1.165) is 24.7 Å². The highest BCUT2D eigenvalue weighted by Gasteiger charge is 2.24. The summed E-state index contributed by atoms with van der Waals surface area (Å²) in [6.07, 6.45) is 10.6. The van der Waals surface area contributed by atoms with Crippen LogP contribution in [0.25, 0.3) is 0 Å². The van der Waals surface area contributed by atoms with Crippen LogP contribution in [-0.2, 0) is 0 Å². The molecule has 16 heavy (non-hydrogen) atoms. The summed E-state index contributed by atoms with van der Waals surface area (Å²) in [4.78, 5) is 0. The van der Waals surface area contributed by atoms with E-state index in [1.165, 1.54) is 44.1 Å². The molecule has 94 valence electrons. The van der Waals surface area contributed by atoms with E-state index in [4.69, 9.17) is 5.73 Å². The quantitative estimate of drug-likeness (QED) is 0.668. The first kappa shape index (κ1) is 13.8. The third-order valence-corrected chi connectivity index (χ3v) is 4.10. The molecule has 0 aliphatic heterocycles. The Morgan fingerprint density at radius 3 is 2.44 bits per heavy atom. The summed E-state index contributed by atoms with van der Waals surface area (Å²) < 4.78 is 0. The molecule has 0 aromatic heterocycles. The van der Waals surface area contributed by atoms with Gasteiger partial charge in [0.1, 0.15) is 0 Å². The number of rotatable bonds is 6. The van der Waals surface area contributed by atoms with Crippen LogP contribution in [0.15, 0.2) is 12.2 Å². The summed E-state index contributed by atoms with van der Waals surface area (Å²) in [6.45, 7) is 8.35. The Morgan fingerprint density at radius 2 is 1.94 bits per heavy atom. The predicted octanol–water partition coefficient (Wildman–Crippen LogP) is 4.28. The largest absolute Gasteiger partial charge is 0.327 e. The molecule has 1 nitrogen and oxygen atoms in total. The zero-order valence-electron chi connectivity index (χ0n) is 11.2. The Kier molecular flexibility index (Phi) is 6.12. The van der Waals surface area contributed by atoms with Crippen LogP contribution in [-0.4, -0.2) is 6.04 Å². The number of hydrogen-bond acceptors (Lipinski definition) is 1. The van der Waals surface area contributed by atoms with Gasteiger partial charge in [0.2, 0.25) is 0 Å². The molecular formula is C15H29N. The lowest BCUT2D eigenvalue weighted by atomic mass is 9.76. The fourth-order valence-electron chi connectivity index (χ4n) is 2.96. The maximum Gasteiger partial charge on any atom is 0.00702 e. The van der Waals surface area contributed by atoms with E-state index in [2.05, 4.69) is 20.4 Å². The van der Waals surface area contributed by atoms with Crippen LogP contribution < -0.4 is 5.73 Å². The lowest BCUT2D eigenvalue weighted by Gasteiger charge is -2.32. The maximum absolute atomic E-state index is 6.28. The first-order valence-electron chi connectivity index (χ1n) is 7.03. The smallest absolute Gasteiger partial charge is 0.00702 e. The van der Waals surface area contributed by atoms with Gasteiger partial charge in [-0.3, -0.25) is 0 Å². The number of nitrogens with two attached hydrogens (primary N) is 1. The van der Waals surface area contributed by atoms with Gasteiger partial charge in [-0.25, -0.2) is 0 Å². The normalized spacial score (nSPS) is 27.7. The third kappa shape index (κ3) is 4.69. The van der Waals surface area contributed by atoms with Gasteiger partial charge in [0.25, 0.3) is 0 Å².